The molecule has 0 unspecified atom stereocenters. The molecule has 0 N–H and O–H groups in total. The summed E-state index contributed by atoms with van der Waals surface area (Å²) in [5.74, 6) is -0.0175. The number of fused-ring (bicyclic) bond motifs is 1. The zero-order valence-electron chi connectivity index (χ0n) is 14.1. The molecular weight excluding hydrogens is 330 g/mol. The van der Waals surface area contributed by atoms with Crippen molar-refractivity contribution in [1.82, 2.24) is 4.98 Å². The Morgan fingerprint density at radius 3 is 2.56 bits per heavy atom. The van der Waals surface area contributed by atoms with Gasteiger partial charge in [0, 0.05) is 31.9 Å². The van der Waals surface area contributed by atoms with Crippen molar-refractivity contribution in [1.29, 1.82) is 0 Å². The fourth-order valence-corrected chi connectivity index (χ4v) is 3.92. The molecule has 4 rings (SSSR count). The fourth-order valence-electron chi connectivity index (χ4n) is 3.12. The highest BCUT2D eigenvalue weighted by Gasteiger charge is 2.27. The second kappa shape index (κ2) is 6.69. The summed E-state index contributed by atoms with van der Waals surface area (Å²) in [5.41, 5.74) is 3.79. The maximum atomic E-state index is 13.0. The van der Waals surface area contributed by atoms with Crippen LogP contribution in [0.25, 0.3) is 0 Å². The smallest absolute Gasteiger partial charge is 0.277 e. The lowest BCUT2D eigenvalue weighted by molar-refractivity contribution is 0.0982. The molecule has 1 aliphatic rings. The second-order valence-electron chi connectivity index (χ2n) is 6.16. The molecule has 25 heavy (non-hydrogen) atoms. The highest BCUT2D eigenvalue weighted by atomic mass is 32.1. The van der Waals surface area contributed by atoms with Crippen molar-refractivity contribution in [3.8, 4) is 0 Å². The highest BCUT2D eigenvalue weighted by Crippen LogP contribution is 2.32. The number of carbonyl (C=O) groups excluding carboxylic acids is 1. The van der Waals surface area contributed by atoms with Gasteiger partial charge in [-0.3, -0.25) is 4.79 Å². The molecule has 0 fully saturated rings. The first-order chi connectivity index (χ1) is 12.2. The summed E-state index contributed by atoms with van der Waals surface area (Å²) in [6, 6.07) is 18.2. The molecule has 1 aliphatic heterocycles. The minimum Gasteiger partial charge on any atom is -0.371 e. The quantitative estimate of drug-likeness (QED) is 0.721. The van der Waals surface area contributed by atoms with E-state index in [1.54, 1.807) is 11.3 Å². The SMILES string of the molecule is CN1CCN(C(=O)c2csc(Cc3ccccc3)n2)c2ccccc21. The van der Waals surface area contributed by atoms with E-state index in [0.717, 1.165) is 29.3 Å². The lowest BCUT2D eigenvalue weighted by Crippen LogP contribution is -2.42. The lowest BCUT2D eigenvalue weighted by atomic mass is 10.1. The third-order valence-corrected chi connectivity index (χ3v) is 5.31. The average molecular weight is 349 g/mol. The van der Waals surface area contributed by atoms with Gasteiger partial charge in [-0.1, -0.05) is 42.5 Å². The van der Waals surface area contributed by atoms with Crippen LogP contribution in [0.2, 0.25) is 0 Å². The molecule has 2 aromatic carbocycles. The number of benzene rings is 2. The number of para-hydroxylation sites is 2. The monoisotopic (exact) mass is 349 g/mol. The van der Waals surface area contributed by atoms with E-state index in [9.17, 15) is 4.79 Å². The predicted molar refractivity (Wildman–Crippen MR) is 103 cm³/mol. The van der Waals surface area contributed by atoms with Crippen molar-refractivity contribution >= 4 is 28.6 Å². The van der Waals surface area contributed by atoms with Gasteiger partial charge >= 0.3 is 0 Å². The van der Waals surface area contributed by atoms with Gasteiger partial charge < -0.3 is 9.80 Å². The normalized spacial score (nSPS) is 13.6. The van der Waals surface area contributed by atoms with Crippen molar-refractivity contribution in [2.45, 2.75) is 6.42 Å². The van der Waals surface area contributed by atoms with E-state index in [-0.39, 0.29) is 5.91 Å². The number of aromatic nitrogens is 1. The third kappa shape index (κ3) is 3.15. The van der Waals surface area contributed by atoms with E-state index in [1.807, 2.05) is 46.7 Å². The van der Waals surface area contributed by atoms with Crippen LogP contribution in [-0.2, 0) is 6.42 Å². The molecular formula is C20H19N3OS. The number of amides is 1. The molecule has 5 heteroatoms. The Morgan fingerprint density at radius 2 is 1.76 bits per heavy atom. The summed E-state index contributed by atoms with van der Waals surface area (Å²) in [6.45, 7) is 1.50. The van der Waals surface area contributed by atoms with Crippen LogP contribution in [0.1, 0.15) is 21.1 Å². The molecule has 0 radical (unpaired) electrons. The van der Waals surface area contributed by atoms with E-state index in [1.165, 1.54) is 5.56 Å². The zero-order chi connectivity index (χ0) is 17.2. The van der Waals surface area contributed by atoms with Gasteiger partial charge in [-0.25, -0.2) is 4.98 Å². The van der Waals surface area contributed by atoms with Gasteiger partial charge in [0.1, 0.15) is 5.69 Å². The van der Waals surface area contributed by atoms with Crippen molar-refractivity contribution in [3.63, 3.8) is 0 Å². The molecule has 3 aromatic rings. The Balaban J connectivity index is 1.57. The molecule has 0 atom stereocenters. The van der Waals surface area contributed by atoms with E-state index in [4.69, 9.17) is 0 Å². The molecule has 1 amide bonds. The Labute approximate surface area is 151 Å². The van der Waals surface area contributed by atoms with Crippen LogP contribution in [0.15, 0.2) is 60.0 Å². The molecule has 0 aliphatic carbocycles. The van der Waals surface area contributed by atoms with Gasteiger partial charge in [-0.2, -0.15) is 0 Å². The first-order valence-electron chi connectivity index (χ1n) is 8.33. The van der Waals surface area contributed by atoms with E-state index in [2.05, 4.69) is 35.1 Å². The summed E-state index contributed by atoms with van der Waals surface area (Å²) >= 11 is 1.55. The van der Waals surface area contributed by atoms with Gasteiger partial charge in [-0.15, -0.1) is 11.3 Å². The molecule has 0 spiro atoms. The van der Waals surface area contributed by atoms with Crippen LogP contribution >= 0.6 is 11.3 Å². The molecule has 126 valence electrons. The van der Waals surface area contributed by atoms with E-state index in [0.29, 0.717) is 12.2 Å². The Kier molecular flexibility index (Phi) is 4.24. The van der Waals surface area contributed by atoms with Gasteiger partial charge in [0.2, 0.25) is 0 Å². The summed E-state index contributed by atoms with van der Waals surface area (Å²) in [7, 11) is 2.06. The second-order valence-corrected chi connectivity index (χ2v) is 7.10. The summed E-state index contributed by atoms with van der Waals surface area (Å²) < 4.78 is 0. The van der Waals surface area contributed by atoms with Crippen LogP contribution in [0.3, 0.4) is 0 Å². The Hall–Kier alpha value is -2.66. The van der Waals surface area contributed by atoms with Crippen molar-refractivity contribution in [2.24, 2.45) is 0 Å². The van der Waals surface area contributed by atoms with Crippen molar-refractivity contribution in [2.75, 3.05) is 29.9 Å². The minimum absolute atomic E-state index is 0.0175. The largest absolute Gasteiger partial charge is 0.371 e. The third-order valence-electron chi connectivity index (χ3n) is 4.46. The van der Waals surface area contributed by atoms with Gasteiger partial charge in [0.05, 0.1) is 16.4 Å². The molecule has 1 aromatic heterocycles. The first-order valence-corrected chi connectivity index (χ1v) is 9.21. The maximum Gasteiger partial charge on any atom is 0.277 e. The number of carbonyl (C=O) groups is 1. The number of rotatable bonds is 3. The number of anilines is 2. The van der Waals surface area contributed by atoms with Crippen LogP contribution in [0, 0.1) is 0 Å². The van der Waals surface area contributed by atoms with Crippen molar-refractivity contribution < 1.29 is 4.79 Å². The molecule has 0 saturated carbocycles. The summed E-state index contributed by atoms with van der Waals surface area (Å²) in [5, 5.41) is 2.85. The number of nitrogens with zero attached hydrogens (tertiary/aromatic N) is 3. The van der Waals surface area contributed by atoms with E-state index >= 15 is 0 Å². The summed E-state index contributed by atoms with van der Waals surface area (Å²) in [4.78, 5) is 21.6. The number of hydrogen-bond acceptors (Lipinski definition) is 4. The van der Waals surface area contributed by atoms with Crippen LogP contribution in [0.5, 0.6) is 0 Å². The topological polar surface area (TPSA) is 36.4 Å². The highest BCUT2D eigenvalue weighted by molar-refractivity contribution is 7.09. The van der Waals surface area contributed by atoms with Gasteiger partial charge in [0.15, 0.2) is 0 Å². The molecule has 4 nitrogen and oxygen atoms in total. The zero-order valence-corrected chi connectivity index (χ0v) is 14.9. The number of thiazole rings is 1. The minimum atomic E-state index is -0.0175. The average Bonchev–Trinajstić information content (AvgIpc) is 3.11. The number of likely N-dealkylation sites (N-methyl/N-ethyl adjacent to an activating group) is 1. The van der Waals surface area contributed by atoms with Crippen molar-refractivity contribution in [3.05, 3.63) is 76.2 Å². The van der Waals surface area contributed by atoms with Gasteiger partial charge in [-0.05, 0) is 17.7 Å². The lowest BCUT2D eigenvalue weighted by Gasteiger charge is -2.35. The molecule has 0 bridgehead atoms. The summed E-state index contributed by atoms with van der Waals surface area (Å²) in [6.07, 6.45) is 0.762. The molecule has 0 saturated heterocycles. The van der Waals surface area contributed by atoms with Gasteiger partial charge in [0.25, 0.3) is 5.91 Å². The Morgan fingerprint density at radius 1 is 1.04 bits per heavy atom. The maximum absolute atomic E-state index is 13.0. The van der Waals surface area contributed by atoms with E-state index < -0.39 is 0 Å². The van der Waals surface area contributed by atoms with Crippen LogP contribution in [-0.4, -0.2) is 31.0 Å². The predicted octanol–water partition coefficient (Wildman–Crippen LogP) is 3.83. The van der Waals surface area contributed by atoms with Crippen LogP contribution < -0.4 is 9.80 Å². The number of hydrogen-bond donors (Lipinski definition) is 0. The van der Waals surface area contributed by atoms with Crippen LogP contribution in [0.4, 0.5) is 11.4 Å². The Bertz CT molecular complexity index is 891. The standard InChI is InChI=1S/C20H19N3OS/c1-22-11-12-23(18-10-6-5-9-17(18)22)20(24)16-14-25-19(21-16)13-15-7-3-2-4-8-15/h2-10,14H,11-13H2,1H3. The first kappa shape index (κ1) is 15.8. The fraction of sp³-hybridized carbons (Fsp3) is 0.200. The molecule has 2 heterocycles.